The molecule has 0 bridgehead atoms. The number of halogens is 3. The van der Waals surface area contributed by atoms with Crippen molar-refractivity contribution in [2.24, 2.45) is 7.05 Å². The van der Waals surface area contributed by atoms with E-state index in [1.165, 1.54) is 12.1 Å². The van der Waals surface area contributed by atoms with Gasteiger partial charge in [-0.25, -0.2) is 28.5 Å². The first-order valence-corrected chi connectivity index (χ1v) is 15.7. The maximum Gasteiger partial charge on any atom is 0.335 e. The van der Waals surface area contributed by atoms with Gasteiger partial charge in [0.1, 0.15) is 29.2 Å². The molecule has 1 aliphatic rings. The van der Waals surface area contributed by atoms with Gasteiger partial charge in [0.2, 0.25) is 5.88 Å². The van der Waals surface area contributed by atoms with E-state index in [1.807, 2.05) is 4.57 Å². The molecule has 13 heteroatoms. The first kappa shape index (κ1) is 31.9. The molecule has 246 valence electrons. The average molecular weight is 681 g/mol. The monoisotopic (exact) mass is 680 g/mol. The summed E-state index contributed by atoms with van der Waals surface area (Å²) in [5.41, 5.74) is 3.32. The number of benzene rings is 2. The molecule has 1 atom stereocenters. The Labute approximate surface area is 283 Å². The summed E-state index contributed by atoms with van der Waals surface area (Å²) >= 11 is 6.35. The van der Waals surface area contributed by atoms with Gasteiger partial charge in [0.15, 0.2) is 0 Å². The zero-order valence-electron chi connectivity index (χ0n) is 26.0. The number of aromatic carboxylic acids is 1. The third-order valence-corrected chi connectivity index (χ3v) is 8.35. The fourth-order valence-corrected chi connectivity index (χ4v) is 5.65. The highest BCUT2D eigenvalue weighted by Gasteiger charge is 2.24. The molecule has 0 amide bonds. The molecule has 1 saturated heterocycles. The summed E-state index contributed by atoms with van der Waals surface area (Å²) in [7, 11) is 1.81. The zero-order valence-corrected chi connectivity index (χ0v) is 26.8. The quantitative estimate of drug-likeness (QED) is 0.141. The second-order valence-corrected chi connectivity index (χ2v) is 11.8. The molecule has 6 aromatic rings. The van der Waals surface area contributed by atoms with Crippen LogP contribution >= 0.6 is 11.6 Å². The minimum absolute atomic E-state index is 0.0210. The maximum atomic E-state index is 15.6. The van der Waals surface area contributed by atoms with Crippen molar-refractivity contribution in [2.45, 2.75) is 32.1 Å². The normalized spacial score (nSPS) is 13.9. The van der Waals surface area contributed by atoms with Crippen molar-refractivity contribution in [1.29, 1.82) is 0 Å². The third-order valence-electron chi connectivity index (χ3n) is 8.06. The van der Waals surface area contributed by atoms with E-state index in [0.717, 1.165) is 24.1 Å². The summed E-state index contributed by atoms with van der Waals surface area (Å²) in [4.78, 5) is 25.0. The standard InChI is InChI=1S/C36H27ClF2N6O4/c1-44-18-21(17-40-44)5-6-22-7-9-25(41-35(22)37)20-49-34-4-2-3-30(43-34)27-16-28(38)24(13-29(27)39)15-33-42-31-10-8-23(36(46)47)14-32(31)45(33)19-26-11-12-48-26/h2-4,7-10,13-14,16-18,26H,11-12,15,19-20H2,1H3,(H,46,47)/t26-/m0/s1. The van der Waals surface area contributed by atoms with Crippen LogP contribution in [0.4, 0.5) is 8.78 Å². The molecule has 5 heterocycles. The van der Waals surface area contributed by atoms with E-state index in [-0.39, 0.29) is 52.5 Å². The molecule has 7 rings (SSSR count). The topological polar surface area (TPSA) is 117 Å². The Morgan fingerprint density at radius 2 is 1.94 bits per heavy atom. The number of aryl methyl sites for hydroxylation is 1. The van der Waals surface area contributed by atoms with E-state index in [9.17, 15) is 9.90 Å². The number of rotatable bonds is 9. The highest BCUT2D eigenvalue weighted by atomic mass is 35.5. The summed E-state index contributed by atoms with van der Waals surface area (Å²) in [5, 5.41) is 13.8. The van der Waals surface area contributed by atoms with E-state index in [4.69, 9.17) is 21.1 Å². The largest absolute Gasteiger partial charge is 0.478 e. The van der Waals surface area contributed by atoms with Gasteiger partial charge in [-0.1, -0.05) is 29.5 Å². The summed E-state index contributed by atoms with van der Waals surface area (Å²) in [6.45, 7) is 1.08. The molecule has 0 unspecified atom stereocenters. The number of pyridine rings is 2. The number of nitrogens with zero attached hydrogens (tertiary/aromatic N) is 6. The lowest BCUT2D eigenvalue weighted by atomic mass is 10.0. The van der Waals surface area contributed by atoms with E-state index in [2.05, 4.69) is 31.9 Å². The lowest BCUT2D eigenvalue weighted by Gasteiger charge is -2.27. The summed E-state index contributed by atoms with van der Waals surface area (Å²) in [6, 6.07) is 15.1. The number of hydrogen-bond acceptors (Lipinski definition) is 7. The third kappa shape index (κ3) is 6.99. The van der Waals surface area contributed by atoms with Crippen LogP contribution < -0.4 is 4.74 Å². The number of aromatic nitrogens is 6. The molecule has 10 nitrogen and oxygen atoms in total. The minimum Gasteiger partial charge on any atom is -0.478 e. The number of hydrogen-bond donors (Lipinski definition) is 1. The van der Waals surface area contributed by atoms with E-state index in [1.54, 1.807) is 60.5 Å². The van der Waals surface area contributed by atoms with Crippen LogP contribution in [0.15, 0.2) is 73.1 Å². The molecule has 4 aromatic heterocycles. The van der Waals surface area contributed by atoms with E-state index >= 15 is 8.78 Å². The van der Waals surface area contributed by atoms with Gasteiger partial charge in [-0.3, -0.25) is 4.68 Å². The molecule has 1 aliphatic heterocycles. The molecule has 0 aliphatic carbocycles. The Balaban J connectivity index is 1.08. The SMILES string of the molecule is Cn1cc(C#Cc2ccc(COc3cccc(-c4cc(F)c(Cc5nc6ccc(C(=O)O)cc6n5C[C@@H]5CCO5)cc4F)n3)nc2Cl)cn1. The van der Waals surface area contributed by atoms with Crippen LogP contribution in [0.25, 0.3) is 22.3 Å². The van der Waals surface area contributed by atoms with Gasteiger partial charge < -0.3 is 19.1 Å². The molecule has 2 aromatic carbocycles. The molecular weight excluding hydrogens is 654 g/mol. The molecule has 0 saturated carbocycles. The molecule has 1 fully saturated rings. The fourth-order valence-electron chi connectivity index (χ4n) is 5.43. The second kappa shape index (κ2) is 13.5. The van der Waals surface area contributed by atoms with Crippen LogP contribution in [0.1, 0.15) is 45.0 Å². The Kier molecular flexibility index (Phi) is 8.78. The van der Waals surface area contributed by atoms with Gasteiger partial charge in [-0.2, -0.15) is 5.10 Å². The van der Waals surface area contributed by atoms with Crippen LogP contribution in [0.5, 0.6) is 5.88 Å². The molecular formula is C36H27ClF2N6O4. The minimum atomic E-state index is -1.07. The highest BCUT2D eigenvalue weighted by molar-refractivity contribution is 6.30. The van der Waals surface area contributed by atoms with Gasteiger partial charge in [0.05, 0.1) is 58.0 Å². The number of ether oxygens (including phenoxy) is 2. The van der Waals surface area contributed by atoms with Crippen molar-refractivity contribution in [2.75, 3.05) is 6.61 Å². The number of carboxylic acid groups (broad SMARTS) is 1. The van der Waals surface area contributed by atoms with Crippen molar-refractivity contribution >= 4 is 28.6 Å². The van der Waals surface area contributed by atoms with Gasteiger partial charge in [-0.05, 0) is 60.5 Å². The maximum absolute atomic E-state index is 15.6. The predicted octanol–water partition coefficient (Wildman–Crippen LogP) is 6.22. The van der Waals surface area contributed by atoms with Crippen LogP contribution in [0.3, 0.4) is 0 Å². The number of imidazole rings is 1. The summed E-state index contributed by atoms with van der Waals surface area (Å²) in [6.07, 6.45) is 4.19. The molecule has 1 N–H and O–H groups in total. The average Bonchev–Trinajstić information content (AvgIpc) is 3.64. The van der Waals surface area contributed by atoms with E-state index < -0.39 is 17.6 Å². The van der Waals surface area contributed by atoms with Crippen molar-refractivity contribution in [1.82, 2.24) is 29.3 Å². The molecule has 0 radical (unpaired) electrons. The Morgan fingerprint density at radius 1 is 1.08 bits per heavy atom. The van der Waals surface area contributed by atoms with Crippen molar-refractivity contribution < 1.29 is 28.2 Å². The first-order chi connectivity index (χ1) is 23.7. The summed E-state index contributed by atoms with van der Waals surface area (Å²) in [5.74, 6) is 4.24. The van der Waals surface area contributed by atoms with Crippen LogP contribution in [0, 0.1) is 23.5 Å². The Hall–Kier alpha value is -5.64. The van der Waals surface area contributed by atoms with Crippen LogP contribution in [-0.4, -0.2) is 53.1 Å². The Bertz CT molecular complexity index is 2290. The number of fused-ring (bicyclic) bond motifs is 1. The smallest absolute Gasteiger partial charge is 0.335 e. The molecule has 49 heavy (non-hydrogen) atoms. The highest BCUT2D eigenvalue weighted by Crippen LogP contribution is 2.29. The Morgan fingerprint density at radius 3 is 2.67 bits per heavy atom. The van der Waals surface area contributed by atoms with Gasteiger partial charge in [0, 0.05) is 37.9 Å². The zero-order chi connectivity index (χ0) is 34.1. The van der Waals surface area contributed by atoms with Gasteiger partial charge >= 0.3 is 5.97 Å². The lowest BCUT2D eigenvalue weighted by molar-refractivity contribution is -0.0589. The molecule has 0 spiro atoms. The first-order valence-electron chi connectivity index (χ1n) is 15.3. The van der Waals surface area contributed by atoms with E-state index in [0.29, 0.717) is 41.3 Å². The van der Waals surface area contributed by atoms with Gasteiger partial charge in [0.25, 0.3) is 0 Å². The van der Waals surface area contributed by atoms with Crippen molar-refractivity contribution in [3.05, 3.63) is 124 Å². The second-order valence-electron chi connectivity index (χ2n) is 11.5. The van der Waals surface area contributed by atoms with Crippen molar-refractivity contribution in [3.63, 3.8) is 0 Å². The fraction of sp³-hybridized carbons (Fsp3) is 0.194. The van der Waals surface area contributed by atoms with Crippen molar-refractivity contribution in [3.8, 4) is 29.0 Å². The van der Waals surface area contributed by atoms with Crippen LogP contribution in [0.2, 0.25) is 5.15 Å². The van der Waals surface area contributed by atoms with Gasteiger partial charge in [-0.15, -0.1) is 0 Å². The predicted molar refractivity (Wildman–Crippen MR) is 176 cm³/mol. The lowest BCUT2D eigenvalue weighted by Crippen LogP contribution is -2.31. The number of carbonyl (C=O) groups is 1. The summed E-state index contributed by atoms with van der Waals surface area (Å²) < 4.78 is 46.1. The number of carboxylic acids is 1. The van der Waals surface area contributed by atoms with Crippen LogP contribution in [-0.2, 0) is 31.4 Å².